The van der Waals surface area contributed by atoms with Crippen LogP contribution in [0.4, 0.5) is 4.79 Å². The van der Waals surface area contributed by atoms with Crippen molar-refractivity contribution in [2.45, 2.75) is 31.2 Å². The fourth-order valence-electron chi connectivity index (χ4n) is 3.84. The normalized spacial score (nSPS) is 13.3. The van der Waals surface area contributed by atoms with E-state index in [0.29, 0.717) is 25.3 Å². The molecule has 1 aliphatic rings. The highest BCUT2D eigenvalue weighted by Gasteiger charge is 2.29. The van der Waals surface area contributed by atoms with Crippen LogP contribution in [-0.2, 0) is 9.53 Å². The van der Waals surface area contributed by atoms with E-state index in [1.165, 1.54) is 0 Å². The number of carboxylic acids is 1. The van der Waals surface area contributed by atoms with Gasteiger partial charge in [0.1, 0.15) is 12.6 Å². The zero-order valence-corrected chi connectivity index (χ0v) is 19.7. The molecule has 0 spiro atoms. The van der Waals surface area contributed by atoms with Gasteiger partial charge in [-0.15, -0.1) is 12.4 Å². The van der Waals surface area contributed by atoms with E-state index < -0.39 is 18.1 Å². The number of amides is 1. The van der Waals surface area contributed by atoms with Crippen LogP contribution in [0.25, 0.3) is 11.1 Å². The van der Waals surface area contributed by atoms with Crippen molar-refractivity contribution in [2.24, 2.45) is 10.7 Å². The van der Waals surface area contributed by atoms with Crippen LogP contribution in [-0.4, -0.2) is 61.3 Å². The molecule has 0 heterocycles. The van der Waals surface area contributed by atoms with Gasteiger partial charge in [0.15, 0.2) is 5.96 Å². The van der Waals surface area contributed by atoms with Crippen LogP contribution in [0, 0.1) is 0 Å². The predicted molar refractivity (Wildman–Crippen MR) is 131 cm³/mol. The third kappa shape index (κ3) is 6.61. The van der Waals surface area contributed by atoms with Crippen LogP contribution >= 0.6 is 12.4 Å². The van der Waals surface area contributed by atoms with Crippen molar-refractivity contribution >= 4 is 30.4 Å². The maximum absolute atomic E-state index is 12.4. The molecule has 33 heavy (non-hydrogen) atoms. The van der Waals surface area contributed by atoms with Crippen molar-refractivity contribution in [1.82, 2.24) is 10.2 Å². The Balaban J connectivity index is 0.00000385. The molecule has 1 atom stereocenters. The fourth-order valence-corrected chi connectivity index (χ4v) is 3.84. The van der Waals surface area contributed by atoms with E-state index in [-0.39, 0.29) is 31.4 Å². The van der Waals surface area contributed by atoms with Gasteiger partial charge in [0.2, 0.25) is 0 Å². The average Bonchev–Trinajstić information content (AvgIpc) is 3.10. The summed E-state index contributed by atoms with van der Waals surface area (Å²) in [6, 6.07) is 15.1. The zero-order valence-electron chi connectivity index (χ0n) is 18.9. The number of carbonyl (C=O) groups is 2. The van der Waals surface area contributed by atoms with Crippen LogP contribution in [0.15, 0.2) is 53.5 Å². The second-order valence-electron chi connectivity index (χ2n) is 7.99. The van der Waals surface area contributed by atoms with Crippen molar-refractivity contribution < 1.29 is 19.4 Å². The SMILES string of the molecule is CN(C)C(N)=NCCCC[C@H](NC(=O)OCC1c2ccccc2-c2ccccc21)C(=O)O.Cl. The first-order valence-corrected chi connectivity index (χ1v) is 10.7. The summed E-state index contributed by atoms with van der Waals surface area (Å²) in [6.07, 6.45) is 0.820. The third-order valence-corrected chi connectivity index (χ3v) is 5.57. The smallest absolute Gasteiger partial charge is 0.407 e. The van der Waals surface area contributed by atoms with Gasteiger partial charge in [-0.1, -0.05) is 48.5 Å². The Kier molecular flexibility index (Phi) is 9.54. The van der Waals surface area contributed by atoms with Crippen molar-refractivity contribution in [1.29, 1.82) is 0 Å². The van der Waals surface area contributed by atoms with Crippen LogP contribution in [0.2, 0.25) is 0 Å². The molecule has 9 heteroatoms. The highest BCUT2D eigenvalue weighted by Crippen LogP contribution is 2.44. The first kappa shape index (κ1) is 26.0. The number of unbranched alkanes of at least 4 members (excludes halogenated alkanes) is 1. The molecular weight excluding hydrogens is 444 g/mol. The van der Waals surface area contributed by atoms with Gasteiger partial charge in [0, 0.05) is 26.6 Å². The summed E-state index contributed by atoms with van der Waals surface area (Å²) < 4.78 is 5.45. The molecule has 0 aliphatic heterocycles. The molecule has 1 amide bonds. The Morgan fingerprint density at radius 2 is 1.67 bits per heavy atom. The number of rotatable bonds is 9. The number of aliphatic imine (C=N–C) groups is 1. The Labute approximate surface area is 200 Å². The monoisotopic (exact) mass is 474 g/mol. The van der Waals surface area contributed by atoms with Crippen LogP contribution in [0.1, 0.15) is 36.3 Å². The molecule has 178 valence electrons. The van der Waals surface area contributed by atoms with Crippen molar-refractivity contribution in [3.05, 3.63) is 59.7 Å². The molecule has 0 radical (unpaired) electrons. The summed E-state index contributed by atoms with van der Waals surface area (Å²) in [4.78, 5) is 29.8. The van der Waals surface area contributed by atoms with E-state index in [4.69, 9.17) is 10.5 Å². The lowest BCUT2D eigenvalue weighted by molar-refractivity contribution is -0.139. The van der Waals surface area contributed by atoms with Crippen molar-refractivity contribution in [3.8, 4) is 11.1 Å². The zero-order chi connectivity index (χ0) is 23.1. The molecule has 3 rings (SSSR count). The topological polar surface area (TPSA) is 117 Å². The number of hydrogen-bond donors (Lipinski definition) is 3. The van der Waals surface area contributed by atoms with Crippen LogP contribution in [0.5, 0.6) is 0 Å². The number of aliphatic carboxylic acids is 1. The number of nitrogens with one attached hydrogen (secondary N) is 1. The lowest BCUT2D eigenvalue weighted by Crippen LogP contribution is -2.41. The Hall–Kier alpha value is -3.26. The molecule has 2 aromatic carbocycles. The first-order valence-electron chi connectivity index (χ1n) is 10.7. The Morgan fingerprint density at radius 1 is 1.09 bits per heavy atom. The second-order valence-corrected chi connectivity index (χ2v) is 7.99. The van der Waals surface area contributed by atoms with Gasteiger partial charge in [0.25, 0.3) is 0 Å². The van der Waals surface area contributed by atoms with Gasteiger partial charge in [-0.05, 0) is 41.5 Å². The van der Waals surface area contributed by atoms with Gasteiger partial charge in [0.05, 0.1) is 0 Å². The van der Waals surface area contributed by atoms with E-state index >= 15 is 0 Å². The van der Waals surface area contributed by atoms with Gasteiger partial charge in [-0.3, -0.25) is 4.99 Å². The Bertz CT molecular complexity index is 950. The summed E-state index contributed by atoms with van der Waals surface area (Å²) in [5.41, 5.74) is 10.2. The third-order valence-electron chi connectivity index (χ3n) is 5.57. The fraction of sp³-hybridized carbons (Fsp3) is 0.375. The first-order chi connectivity index (χ1) is 15.4. The molecule has 0 saturated carbocycles. The van der Waals surface area contributed by atoms with Gasteiger partial charge < -0.3 is 25.8 Å². The largest absolute Gasteiger partial charge is 0.480 e. The van der Waals surface area contributed by atoms with Crippen LogP contribution < -0.4 is 11.1 Å². The molecular formula is C24H31ClN4O4. The average molecular weight is 475 g/mol. The van der Waals surface area contributed by atoms with Gasteiger partial charge in [-0.25, -0.2) is 9.59 Å². The van der Waals surface area contributed by atoms with E-state index in [1.54, 1.807) is 19.0 Å². The molecule has 0 bridgehead atoms. The van der Waals surface area contributed by atoms with E-state index in [9.17, 15) is 14.7 Å². The highest BCUT2D eigenvalue weighted by molar-refractivity contribution is 5.85. The van der Waals surface area contributed by atoms with E-state index in [0.717, 1.165) is 22.3 Å². The summed E-state index contributed by atoms with van der Waals surface area (Å²) in [6.45, 7) is 0.645. The second kappa shape index (κ2) is 12.1. The number of ether oxygens (including phenoxy) is 1. The number of carboxylic acid groups (broad SMARTS) is 1. The number of guanidine groups is 1. The minimum atomic E-state index is -1.09. The molecule has 0 saturated heterocycles. The number of benzene rings is 2. The molecule has 1 aliphatic carbocycles. The van der Waals surface area contributed by atoms with Crippen molar-refractivity contribution in [3.63, 3.8) is 0 Å². The number of nitrogens with two attached hydrogens (primary N) is 1. The molecule has 0 aromatic heterocycles. The number of halogens is 1. The van der Waals surface area contributed by atoms with Crippen molar-refractivity contribution in [2.75, 3.05) is 27.2 Å². The minimum Gasteiger partial charge on any atom is -0.480 e. The lowest BCUT2D eigenvalue weighted by Gasteiger charge is -2.17. The maximum atomic E-state index is 12.4. The minimum absolute atomic E-state index is 0. The van der Waals surface area contributed by atoms with Gasteiger partial charge >= 0.3 is 12.1 Å². The molecule has 0 unspecified atom stereocenters. The number of carbonyl (C=O) groups excluding carboxylic acids is 1. The number of hydrogen-bond acceptors (Lipinski definition) is 4. The quantitative estimate of drug-likeness (QED) is 0.291. The maximum Gasteiger partial charge on any atom is 0.407 e. The molecule has 8 nitrogen and oxygen atoms in total. The van der Waals surface area contributed by atoms with Gasteiger partial charge in [-0.2, -0.15) is 0 Å². The number of alkyl carbamates (subject to hydrolysis) is 1. The summed E-state index contributed by atoms with van der Waals surface area (Å²) in [5, 5.41) is 11.9. The number of fused-ring (bicyclic) bond motifs is 3. The standard InChI is InChI=1S/C24H30N4O4.ClH/c1-28(2)23(25)26-14-8-7-13-21(22(29)30)27-24(31)32-15-20-18-11-5-3-9-16(18)17-10-4-6-12-19(17)20;/h3-6,9-12,20-21H,7-8,13-15H2,1-2H3,(H2,25,26)(H,27,31)(H,29,30);1H/t21-;/m0./s1. The Morgan fingerprint density at radius 3 is 2.21 bits per heavy atom. The highest BCUT2D eigenvalue weighted by atomic mass is 35.5. The molecule has 2 aromatic rings. The predicted octanol–water partition coefficient (Wildman–Crippen LogP) is 3.45. The summed E-state index contributed by atoms with van der Waals surface area (Å²) in [5.74, 6) is -0.734. The summed E-state index contributed by atoms with van der Waals surface area (Å²) in [7, 11) is 3.61. The van der Waals surface area contributed by atoms with Crippen LogP contribution in [0.3, 0.4) is 0 Å². The lowest BCUT2D eigenvalue weighted by atomic mass is 9.98. The van der Waals surface area contributed by atoms with E-state index in [1.807, 2.05) is 36.4 Å². The number of nitrogens with zero attached hydrogens (tertiary/aromatic N) is 2. The summed E-state index contributed by atoms with van der Waals surface area (Å²) >= 11 is 0. The van der Waals surface area contributed by atoms with E-state index in [2.05, 4.69) is 22.4 Å². The molecule has 0 fully saturated rings. The molecule has 4 N–H and O–H groups in total.